The van der Waals surface area contributed by atoms with Gasteiger partial charge in [0, 0.05) is 11.6 Å². The number of imidazole rings is 1. The van der Waals surface area contributed by atoms with Gasteiger partial charge < -0.3 is 4.57 Å². The Morgan fingerprint density at radius 2 is 2.14 bits per heavy atom. The van der Waals surface area contributed by atoms with Gasteiger partial charge in [0.1, 0.15) is 0 Å². The fraction of sp³-hybridized carbons (Fsp3) is 0.364. The molecule has 0 fully saturated rings. The van der Waals surface area contributed by atoms with Crippen LogP contribution in [-0.2, 0) is 13.0 Å². The maximum absolute atomic E-state index is 6.15. The summed E-state index contributed by atoms with van der Waals surface area (Å²) >= 11 is 6.15. The first kappa shape index (κ1) is 9.53. The monoisotopic (exact) mass is 208 g/mol. The van der Waals surface area contributed by atoms with Gasteiger partial charge in [0.15, 0.2) is 0 Å². The molecule has 0 N–H and O–H groups in total. The van der Waals surface area contributed by atoms with Crippen LogP contribution in [0.25, 0.3) is 11.0 Å². The van der Waals surface area contributed by atoms with E-state index in [4.69, 9.17) is 11.6 Å². The predicted octanol–water partition coefficient (Wildman–Crippen LogP) is 3.27. The molecule has 14 heavy (non-hydrogen) atoms. The number of hydrogen-bond acceptors (Lipinski definition) is 1. The lowest BCUT2D eigenvalue weighted by molar-refractivity contribution is 0.787. The minimum atomic E-state index is 0.843. The molecule has 0 atom stereocenters. The molecule has 74 valence electrons. The summed E-state index contributed by atoms with van der Waals surface area (Å²) in [4.78, 5) is 4.34. The highest BCUT2D eigenvalue weighted by atomic mass is 35.5. The third-order valence-corrected chi connectivity index (χ3v) is 2.86. The van der Waals surface area contributed by atoms with Crippen molar-refractivity contribution in [1.29, 1.82) is 0 Å². The summed E-state index contributed by atoms with van der Waals surface area (Å²) in [5, 5.41) is 0.843. The summed E-state index contributed by atoms with van der Waals surface area (Å²) in [7, 11) is 0. The number of halogens is 1. The molecule has 2 rings (SSSR count). The Kier molecular flexibility index (Phi) is 2.46. The van der Waals surface area contributed by atoms with Gasteiger partial charge in [-0.25, -0.2) is 4.98 Å². The lowest BCUT2D eigenvalue weighted by atomic mass is 10.1. The van der Waals surface area contributed by atoms with E-state index in [-0.39, 0.29) is 0 Å². The molecule has 2 aromatic rings. The Morgan fingerprint density at radius 1 is 1.36 bits per heavy atom. The topological polar surface area (TPSA) is 17.8 Å². The van der Waals surface area contributed by atoms with E-state index in [1.165, 1.54) is 5.56 Å². The van der Waals surface area contributed by atoms with Crippen LogP contribution in [-0.4, -0.2) is 9.55 Å². The maximum atomic E-state index is 6.15. The molecule has 3 heteroatoms. The van der Waals surface area contributed by atoms with Gasteiger partial charge in [0.2, 0.25) is 0 Å². The highest BCUT2D eigenvalue weighted by Crippen LogP contribution is 2.23. The van der Waals surface area contributed by atoms with Crippen molar-refractivity contribution in [2.24, 2.45) is 0 Å². The van der Waals surface area contributed by atoms with E-state index in [0.717, 1.165) is 29.0 Å². The third-order valence-electron chi connectivity index (χ3n) is 2.51. The second-order valence-corrected chi connectivity index (χ2v) is 3.72. The molecule has 0 saturated carbocycles. The largest absolute Gasteiger partial charge is 0.331 e. The van der Waals surface area contributed by atoms with Gasteiger partial charge in [0.05, 0.1) is 17.4 Å². The number of nitrogens with zero attached hydrogens (tertiary/aromatic N) is 2. The van der Waals surface area contributed by atoms with E-state index in [1.54, 1.807) is 0 Å². The van der Waals surface area contributed by atoms with Crippen molar-refractivity contribution in [1.82, 2.24) is 9.55 Å². The van der Waals surface area contributed by atoms with Crippen LogP contribution in [0.2, 0.25) is 5.02 Å². The molecule has 0 spiro atoms. The SMILES string of the molecule is CCc1cc2ncn(CC)c2cc1Cl. The number of hydrogen-bond donors (Lipinski definition) is 0. The molecule has 0 aliphatic carbocycles. The van der Waals surface area contributed by atoms with E-state index >= 15 is 0 Å². The Balaban J connectivity index is 2.69. The van der Waals surface area contributed by atoms with Crippen LogP contribution in [0, 0.1) is 0 Å². The highest BCUT2D eigenvalue weighted by molar-refractivity contribution is 6.32. The van der Waals surface area contributed by atoms with Gasteiger partial charge in [-0.1, -0.05) is 18.5 Å². The molecule has 2 nitrogen and oxygen atoms in total. The molecule has 1 heterocycles. The fourth-order valence-corrected chi connectivity index (χ4v) is 1.94. The Labute approximate surface area is 88.5 Å². The van der Waals surface area contributed by atoms with Gasteiger partial charge >= 0.3 is 0 Å². The average Bonchev–Trinajstić information content (AvgIpc) is 2.58. The molecular weight excluding hydrogens is 196 g/mol. The van der Waals surface area contributed by atoms with Crippen molar-refractivity contribution in [3.05, 3.63) is 29.0 Å². The lowest BCUT2D eigenvalue weighted by Gasteiger charge is -2.03. The molecule has 0 radical (unpaired) electrons. The Morgan fingerprint density at radius 3 is 2.79 bits per heavy atom. The summed E-state index contributed by atoms with van der Waals surface area (Å²) in [6, 6.07) is 4.08. The summed E-state index contributed by atoms with van der Waals surface area (Å²) in [5.74, 6) is 0. The highest BCUT2D eigenvalue weighted by Gasteiger charge is 2.05. The van der Waals surface area contributed by atoms with Crippen LogP contribution in [0.4, 0.5) is 0 Å². The van der Waals surface area contributed by atoms with Crippen LogP contribution < -0.4 is 0 Å². The number of benzene rings is 1. The first-order valence-corrected chi connectivity index (χ1v) is 5.27. The molecule has 1 aromatic heterocycles. The molecule has 0 aliphatic heterocycles. The predicted molar refractivity (Wildman–Crippen MR) is 59.8 cm³/mol. The minimum Gasteiger partial charge on any atom is -0.331 e. The summed E-state index contributed by atoms with van der Waals surface area (Å²) < 4.78 is 2.10. The quantitative estimate of drug-likeness (QED) is 0.741. The Hall–Kier alpha value is -1.02. The Bertz CT molecular complexity index is 460. The summed E-state index contributed by atoms with van der Waals surface area (Å²) in [6.07, 6.45) is 2.81. The van der Waals surface area contributed by atoms with Crippen LogP contribution >= 0.6 is 11.6 Å². The van der Waals surface area contributed by atoms with Gasteiger partial charge in [-0.2, -0.15) is 0 Å². The summed E-state index contributed by atoms with van der Waals surface area (Å²) in [5.41, 5.74) is 3.32. The van der Waals surface area contributed by atoms with E-state index < -0.39 is 0 Å². The molecule has 0 unspecified atom stereocenters. The van der Waals surface area contributed by atoms with Crippen molar-refractivity contribution in [3.8, 4) is 0 Å². The fourth-order valence-electron chi connectivity index (χ4n) is 1.65. The number of rotatable bonds is 2. The van der Waals surface area contributed by atoms with Crippen molar-refractivity contribution in [2.75, 3.05) is 0 Å². The van der Waals surface area contributed by atoms with Crippen LogP contribution in [0.5, 0.6) is 0 Å². The smallest absolute Gasteiger partial charge is 0.0958 e. The zero-order valence-corrected chi connectivity index (χ0v) is 9.17. The van der Waals surface area contributed by atoms with Crippen LogP contribution in [0.1, 0.15) is 19.4 Å². The average molecular weight is 209 g/mol. The molecule has 0 bridgehead atoms. The van der Waals surface area contributed by atoms with Gasteiger partial charge in [-0.15, -0.1) is 0 Å². The maximum Gasteiger partial charge on any atom is 0.0958 e. The van der Waals surface area contributed by atoms with E-state index in [9.17, 15) is 0 Å². The third kappa shape index (κ3) is 1.40. The number of aromatic nitrogens is 2. The van der Waals surface area contributed by atoms with Crippen LogP contribution in [0.3, 0.4) is 0 Å². The van der Waals surface area contributed by atoms with Crippen LogP contribution in [0.15, 0.2) is 18.5 Å². The minimum absolute atomic E-state index is 0.843. The van der Waals surface area contributed by atoms with Crippen molar-refractivity contribution >= 4 is 22.6 Å². The zero-order chi connectivity index (χ0) is 10.1. The standard InChI is InChI=1S/C11H13ClN2/c1-3-8-5-10-11(6-9(8)12)14(4-2)7-13-10/h5-7H,3-4H2,1-2H3. The molecule has 0 aliphatic rings. The first-order valence-electron chi connectivity index (χ1n) is 4.89. The second kappa shape index (κ2) is 3.62. The molecule has 0 saturated heterocycles. The van der Waals surface area contributed by atoms with Crippen molar-refractivity contribution in [3.63, 3.8) is 0 Å². The van der Waals surface area contributed by atoms with Gasteiger partial charge in [0.25, 0.3) is 0 Å². The zero-order valence-electron chi connectivity index (χ0n) is 8.42. The van der Waals surface area contributed by atoms with E-state index in [0.29, 0.717) is 0 Å². The molecule has 0 amide bonds. The van der Waals surface area contributed by atoms with Crippen molar-refractivity contribution < 1.29 is 0 Å². The van der Waals surface area contributed by atoms with E-state index in [1.807, 2.05) is 12.4 Å². The molecular formula is C11H13ClN2. The number of fused-ring (bicyclic) bond motifs is 1. The van der Waals surface area contributed by atoms with Crippen molar-refractivity contribution in [2.45, 2.75) is 26.8 Å². The summed E-state index contributed by atoms with van der Waals surface area (Å²) in [6.45, 7) is 5.13. The van der Waals surface area contributed by atoms with E-state index in [2.05, 4.69) is 29.5 Å². The lowest BCUT2D eigenvalue weighted by Crippen LogP contribution is -1.91. The van der Waals surface area contributed by atoms with Gasteiger partial charge in [-0.3, -0.25) is 0 Å². The molecule has 1 aromatic carbocycles. The number of aryl methyl sites for hydroxylation is 2. The first-order chi connectivity index (χ1) is 6.76. The second-order valence-electron chi connectivity index (χ2n) is 3.32. The van der Waals surface area contributed by atoms with Gasteiger partial charge in [-0.05, 0) is 31.0 Å². The normalized spacial score (nSPS) is 11.1.